The maximum Gasteiger partial charge on any atom is 0.360 e. The van der Waals surface area contributed by atoms with Crippen molar-refractivity contribution in [1.82, 2.24) is 14.8 Å². The number of oxazole rings is 1. The zero-order valence-electron chi connectivity index (χ0n) is 10.6. The second kappa shape index (κ2) is 5.03. The molecule has 96 valence electrons. The Morgan fingerprint density at radius 1 is 1.56 bits per heavy atom. The van der Waals surface area contributed by atoms with E-state index in [2.05, 4.69) is 10.1 Å². The monoisotopic (exact) mass is 249 g/mol. The molecule has 0 aliphatic carbocycles. The van der Waals surface area contributed by atoms with Crippen molar-refractivity contribution in [2.75, 3.05) is 0 Å². The zero-order valence-corrected chi connectivity index (χ0v) is 10.6. The van der Waals surface area contributed by atoms with E-state index in [0.717, 1.165) is 5.56 Å². The van der Waals surface area contributed by atoms with Crippen molar-refractivity contribution in [2.24, 2.45) is 7.05 Å². The van der Waals surface area contributed by atoms with Crippen LogP contribution in [0.5, 0.6) is 0 Å². The lowest BCUT2D eigenvalue weighted by molar-refractivity contribution is 0.0463. The van der Waals surface area contributed by atoms with Crippen molar-refractivity contribution in [1.29, 1.82) is 0 Å². The van der Waals surface area contributed by atoms with Crippen LogP contribution in [0.3, 0.4) is 0 Å². The molecule has 2 aromatic heterocycles. The van der Waals surface area contributed by atoms with Crippen molar-refractivity contribution in [3.63, 3.8) is 0 Å². The minimum absolute atomic E-state index is 0.0911. The van der Waals surface area contributed by atoms with Gasteiger partial charge in [0.2, 0.25) is 0 Å². The fraction of sp³-hybridized carbons (Fsp3) is 0.417. The van der Waals surface area contributed by atoms with E-state index >= 15 is 0 Å². The van der Waals surface area contributed by atoms with Crippen LogP contribution in [0.15, 0.2) is 23.2 Å². The summed E-state index contributed by atoms with van der Waals surface area (Å²) in [5.41, 5.74) is 1.08. The van der Waals surface area contributed by atoms with E-state index in [-0.39, 0.29) is 18.2 Å². The van der Waals surface area contributed by atoms with Crippen LogP contribution in [0, 0.1) is 0 Å². The fourth-order valence-corrected chi connectivity index (χ4v) is 1.58. The van der Waals surface area contributed by atoms with Crippen LogP contribution in [0.4, 0.5) is 0 Å². The first-order chi connectivity index (χ1) is 8.58. The Kier molecular flexibility index (Phi) is 3.45. The van der Waals surface area contributed by atoms with E-state index in [4.69, 9.17) is 9.15 Å². The van der Waals surface area contributed by atoms with E-state index in [9.17, 15) is 4.79 Å². The molecule has 0 aliphatic rings. The Hall–Kier alpha value is -2.11. The number of aryl methyl sites for hydroxylation is 1. The summed E-state index contributed by atoms with van der Waals surface area (Å²) in [5.74, 6) is 0.163. The Balaban J connectivity index is 2.01. The first-order valence-electron chi connectivity index (χ1n) is 5.66. The summed E-state index contributed by atoms with van der Waals surface area (Å²) in [7, 11) is 1.81. The SMILES string of the molecule is CC(C)c1ocnc1C(=O)OCc1cnn(C)c1. The van der Waals surface area contributed by atoms with Gasteiger partial charge in [0.05, 0.1) is 6.20 Å². The van der Waals surface area contributed by atoms with Crippen LogP contribution < -0.4 is 0 Å². The summed E-state index contributed by atoms with van der Waals surface area (Å²) in [4.78, 5) is 15.7. The standard InChI is InChI=1S/C12H15N3O3/c1-8(2)11-10(13-7-18-11)12(16)17-6-9-4-14-15(3)5-9/h4-5,7-8H,6H2,1-3H3. The van der Waals surface area contributed by atoms with Gasteiger partial charge in [-0.05, 0) is 0 Å². The molecule has 0 saturated carbocycles. The molecule has 0 aromatic carbocycles. The van der Waals surface area contributed by atoms with E-state index in [1.54, 1.807) is 24.1 Å². The van der Waals surface area contributed by atoms with Gasteiger partial charge in [0.1, 0.15) is 12.4 Å². The zero-order chi connectivity index (χ0) is 13.1. The van der Waals surface area contributed by atoms with Crippen LogP contribution in [0.1, 0.15) is 41.6 Å². The molecule has 2 aromatic rings. The lowest BCUT2D eigenvalue weighted by Gasteiger charge is -2.04. The molecule has 0 bridgehead atoms. The van der Waals surface area contributed by atoms with Gasteiger partial charge in [-0.2, -0.15) is 5.10 Å². The molecule has 2 heterocycles. The third-order valence-corrected chi connectivity index (χ3v) is 2.44. The average Bonchev–Trinajstić information content (AvgIpc) is 2.94. The topological polar surface area (TPSA) is 70.2 Å². The molecular formula is C12H15N3O3. The first-order valence-corrected chi connectivity index (χ1v) is 5.66. The quantitative estimate of drug-likeness (QED) is 0.774. The summed E-state index contributed by atoms with van der Waals surface area (Å²) in [6.07, 6.45) is 4.70. The average molecular weight is 249 g/mol. The summed E-state index contributed by atoms with van der Waals surface area (Å²) in [5, 5.41) is 3.99. The van der Waals surface area contributed by atoms with Gasteiger partial charge in [0.25, 0.3) is 0 Å². The lowest BCUT2D eigenvalue weighted by Crippen LogP contribution is -2.08. The normalized spacial score (nSPS) is 10.9. The fourth-order valence-electron chi connectivity index (χ4n) is 1.58. The molecule has 0 saturated heterocycles. The predicted octanol–water partition coefficient (Wildman–Crippen LogP) is 1.89. The second-order valence-electron chi connectivity index (χ2n) is 4.32. The van der Waals surface area contributed by atoms with Gasteiger partial charge in [-0.3, -0.25) is 4.68 Å². The highest BCUT2D eigenvalue weighted by molar-refractivity contribution is 5.88. The number of carbonyl (C=O) groups excluding carboxylic acids is 1. The van der Waals surface area contributed by atoms with Crippen LogP contribution in [-0.4, -0.2) is 20.7 Å². The number of ether oxygens (including phenoxy) is 1. The second-order valence-corrected chi connectivity index (χ2v) is 4.32. The first kappa shape index (κ1) is 12.3. The molecule has 2 rings (SSSR count). The number of nitrogens with zero attached hydrogens (tertiary/aromatic N) is 3. The molecule has 18 heavy (non-hydrogen) atoms. The van der Waals surface area contributed by atoms with Crippen molar-refractivity contribution in [3.8, 4) is 0 Å². The molecule has 0 radical (unpaired) electrons. The molecule has 0 spiro atoms. The van der Waals surface area contributed by atoms with Gasteiger partial charge in [-0.1, -0.05) is 13.8 Å². The van der Waals surface area contributed by atoms with Gasteiger partial charge >= 0.3 is 5.97 Å². The minimum Gasteiger partial charge on any atom is -0.456 e. The van der Waals surface area contributed by atoms with E-state index in [1.807, 2.05) is 13.8 Å². The highest BCUT2D eigenvalue weighted by Gasteiger charge is 2.20. The smallest absolute Gasteiger partial charge is 0.360 e. The van der Waals surface area contributed by atoms with Gasteiger partial charge in [-0.25, -0.2) is 9.78 Å². The van der Waals surface area contributed by atoms with Gasteiger partial charge in [0.15, 0.2) is 12.1 Å². The molecule has 6 heteroatoms. The summed E-state index contributed by atoms with van der Waals surface area (Å²) >= 11 is 0. The Morgan fingerprint density at radius 2 is 2.33 bits per heavy atom. The molecule has 0 unspecified atom stereocenters. The summed E-state index contributed by atoms with van der Waals surface area (Å²) in [6, 6.07) is 0. The van der Waals surface area contributed by atoms with Crippen LogP contribution in [-0.2, 0) is 18.4 Å². The molecule has 0 atom stereocenters. The number of rotatable bonds is 4. The largest absolute Gasteiger partial charge is 0.456 e. The van der Waals surface area contributed by atoms with E-state index in [0.29, 0.717) is 5.76 Å². The van der Waals surface area contributed by atoms with Crippen molar-refractivity contribution >= 4 is 5.97 Å². The minimum atomic E-state index is -0.476. The van der Waals surface area contributed by atoms with Gasteiger partial charge < -0.3 is 9.15 Å². The molecule has 0 amide bonds. The molecule has 6 nitrogen and oxygen atoms in total. The van der Waals surface area contributed by atoms with E-state index in [1.165, 1.54) is 6.39 Å². The van der Waals surface area contributed by atoms with E-state index < -0.39 is 5.97 Å². The number of esters is 1. The molecule has 0 aliphatic heterocycles. The maximum atomic E-state index is 11.8. The van der Waals surface area contributed by atoms with Crippen molar-refractivity contribution in [2.45, 2.75) is 26.4 Å². The third kappa shape index (κ3) is 2.58. The molecular weight excluding hydrogens is 234 g/mol. The Bertz CT molecular complexity index is 542. The predicted molar refractivity (Wildman–Crippen MR) is 62.9 cm³/mol. The maximum absolute atomic E-state index is 11.8. The summed E-state index contributed by atoms with van der Waals surface area (Å²) < 4.78 is 12.0. The summed E-state index contributed by atoms with van der Waals surface area (Å²) in [6.45, 7) is 4.04. The van der Waals surface area contributed by atoms with Crippen LogP contribution in [0.2, 0.25) is 0 Å². The van der Waals surface area contributed by atoms with Crippen molar-refractivity contribution < 1.29 is 13.9 Å². The van der Waals surface area contributed by atoms with Gasteiger partial charge in [0, 0.05) is 24.7 Å². The third-order valence-electron chi connectivity index (χ3n) is 2.44. The highest BCUT2D eigenvalue weighted by atomic mass is 16.5. The van der Waals surface area contributed by atoms with Gasteiger partial charge in [-0.15, -0.1) is 0 Å². The highest BCUT2D eigenvalue weighted by Crippen LogP contribution is 2.19. The number of carbonyl (C=O) groups is 1. The Labute approximate surface area is 105 Å². The molecule has 0 N–H and O–H groups in total. The molecule has 0 fully saturated rings. The Morgan fingerprint density at radius 3 is 2.94 bits per heavy atom. The van der Waals surface area contributed by atoms with Crippen LogP contribution >= 0.6 is 0 Å². The lowest BCUT2D eigenvalue weighted by atomic mass is 10.1. The van der Waals surface area contributed by atoms with Crippen molar-refractivity contribution in [3.05, 3.63) is 35.8 Å². The number of hydrogen-bond acceptors (Lipinski definition) is 5. The van der Waals surface area contributed by atoms with Crippen LogP contribution in [0.25, 0.3) is 0 Å². The number of hydrogen-bond donors (Lipinski definition) is 0. The number of aromatic nitrogens is 3.